The van der Waals surface area contributed by atoms with Crippen LogP contribution in [0.4, 0.5) is 10.1 Å². The standard InChI is InChI=1S/C15H17BrFN3O/c1-2-3-7-20-15(21)14(16)13(10-19-20)18-9-11-5-4-6-12(17)8-11/h4-6,8,10,18H,2-3,7,9H2,1H3. The Morgan fingerprint density at radius 1 is 1.43 bits per heavy atom. The van der Waals surface area contributed by atoms with E-state index in [-0.39, 0.29) is 11.4 Å². The molecule has 2 aromatic rings. The summed E-state index contributed by atoms with van der Waals surface area (Å²) in [5, 5.41) is 7.24. The lowest BCUT2D eigenvalue weighted by atomic mass is 10.2. The third-order valence-electron chi connectivity index (χ3n) is 3.08. The van der Waals surface area contributed by atoms with Crippen molar-refractivity contribution < 1.29 is 4.39 Å². The third kappa shape index (κ3) is 4.14. The van der Waals surface area contributed by atoms with Gasteiger partial charge in [-0.05, 0) is 40.0 Å². The van der Waals surface area contributed by atoms with Crippen molar-refractivity contribution in [2.24, 2.45) is 0 Å². The van der Waals surface area contributed by atoms with E-state index in [4.69, 9.17) is 0 Å². The Hall–Kier alpha value is -1.69. The zero-order valence-electron chi connectivity index (χ0n) is 11.8. The number of aromatic nitrogens is 2. The van der Waals surface area contributed by atoms with Gasteiger partial charge in [0.25, 0.3) is 5.56 Å². The van der Waals surface area contributed by atoms with Crippen molar-refractivity contribution in [2.45, 2.75) is 32.9 Å². The van der Waals surface area contributed by atoms with Crippen molar-refractivity contribution in [3.05, 3.63) is 56.7 Å². The summed E-state index contributed by atoms with van der Waals surface area (Å²) >= 11 is 3.30. The molecule has 1 heterocycles. The molecule has 0 atom stereocenters. The number of benzene rings is 1. The molecule has 4 nitrogen and oxygen atoms in total. The van der Waals surface area contributed by atoms with E-state index in [9.17, 15) is 9.18 Å². The van der Waals surface area contributed by atoms with Gasteiger partial charge in [0.2, 0.25) is 0 Å². The summed E-state index contributed by atoms with van der Waals surface area (Å²) in [5.41, 5.74) is 1.25. The maximum Gasteiger partial charge on any atom is 0.283 e. The highest BCUT2D eigenvalue weighted by atomic mass is 79.9. The Morgan fingerprint density at radius 3 is 2.95 bits per heavy atom. The van der Waals surface area contributed by atoms with Crippen LogP contribution in [0.15, 0.2) is 39.7 Å². The van der Waals surface area contributed by atoms with Gasteiger partial charge >= 0.3 is 0 Å². The molecule has 1 aromatic carbocycles. The smallest absolute Gasteiger partial charge is 0.283 e. The molecule has 0 radical (unpaired) electrons. The predicted molar refractivity (Wildman–Crippen MR) is 84.8 cm³/mol. The van der Waals surface area contributed by atoms with E-state index in [0.29, 0.717) is 23.2 Å². The molecule has 0 aliphatic rings. The van der Waals surface area contributed by atoms with Crippen LogP contribution in [0, 0.1) is 5.82 Å². The molecule has 21 heavy (non-hydrogen) atoms. The minimum absolute atomic E-state index is 0.160. The van der Waals surface area contributed by atoms with Gasteiger partial charge in [-0.25, -0.2) is 9.07 Å². The van der Waals surface area contributed by atoms with Gasteiger partial charge in [0, 0.05) is 13.1 Å². The van der Waals surface area contributed by atoms with Gasteiger partial charge in [-0.3, -0.25) is 4.79 Å². The molecule has 1 aromatic heterocycles. The van der Waals surface area contributed by atoms with E-state index < -0.39 is 0 Å². The lowest BCUT2D eigenvalue weighted by Crippen LogP contribution is -2.24. The lowest BCUT2D eigenvalue weighted by Gasteiger charge is -2.10. The number of aryl methyl sites for hydroxylation is 1. The number of rotatable bonds is 6. The summed E-state index contributed by atoms with van der Waals surface area (Å²) in [6.45, 7) is 3.10. The largest absolute Gasteiger partial charge is 0.379 e. The zero-order chi connectivity index (χ0) is 15.2. The average Bonchev–Trinajstić information content (AvgIpc) is 2.48. The van der Waals surface area contributed by atoms with Gasteiger partial charge in [0.15, 0.2) is 0 Å². The number of hydrogen-bond donors (Lipinski definition) is 1. The molecular formula is C15H17BrFN3O. The average molecular weight is 354 g/mol. The van der Waals surface area contributed by atoms with Crippen LogP contribution in [0.1, 0.15) is 25.3 Å². The molecular weight excluding hydrogens is 337 g/mol. The first-order valence-electron chi connectivity index (χ1n) is 6.85. The summed E-state index contributed by atoms with van der Waals surface area (Å²) < 4.78 is 15.0. The highest BCUT2D eigenvalue weighted by Gasteiger charge is 2.08. The summed E-state index contributed by atoms with van der Waals surface area (Å²) in [6, 6.07) is 6.33. The quantitative estimate of drug-likeness (QED) is 0.863. The minimum Gasteiger partial charge on any atom is -0.379 e. The fraction of sp³-hybridized carbons (Fsp3) is 0.333. The molecule has 0 saturated heterocycles. The van der Waals surface area contributed by atoms with Gasteiger partial charge < -0.3 is 5.32 Å². The number of anilines is 1. The van der Waals surface area contributed by atoms with E-state index in [0.717, 1.165) is 18.4 Å². The van der Waals surface area contributed by atoms with Crippen LogP contribution >= 0.6 is 15.9 Å². The van der Waals surface area contributed by atoms with Gasteiger partial charge in [-0.15, -0.1) is 0 Å². The molecule has 0 aliphatic carbocycles. The summed E-state index contributed by atoms with van der Waals surface area (Å²) in [7, 11) is 0. The number of nitrogens with zero attached hydrogens (tertiary/aromatic N) is 2. The molecule has 6 heteroatoms. The first-order valence-corrected chi connectivity index (χ1v) is 7.65. The molecule has 0 amide bonds. The van der Waals surface area contributed by atoms with Crippen LogP contribution in [0.25, 0.3) is 0 Å². The van der Waals surface area contributed by atoms with Crippen molar-refractivity contribution in [1.82, 2.24) is 9.78 Å². The van der Waals surface area contributed by atoms with Crippen LogP contribution < -0.4 is 10.9 Å². The van der Waals surface area contributed by atoms with Gasteiger partial charge in [0.1, 0.15) is 10.3 Å². The SMILES string of the molecule is CCCCn1ncc(NCc2cccc(F)c2)c(Br)c1=O. The lowest BCUT2D eigenvalue weighted by molar-refractivity contribution is 0.541. The fourth-order valence-electron chi connectivity index (χ4n) is 1.90. The van der Waals surface area contributed by atoms with Crippen molar-refractivity contribution >= 4 is 21.6 Å². The van der Waals surface area contributed by atoms with Crippen LogP contribution in [-0.2, 0) is 13.1 Å². The summed E-state index contributed by atoms with van der Waals surface area (Å²) in [6.07, 6.45) is 3.53. The van der Waals surface area contributed by atoms with Crippen molar-refractivity contribution in [2.75, 3.05) is 5.32 Å². The van der Waals surface area contributed by atoms with E-state index in [1.165, 1.54) is 16.8 Å². The van der Waals surface area contributed by atoms with E-state index in [2.05, 4.69) is 33.3 Å². The van der Waals surface area contributed by atoms with Crippen LogP contribution in [0.3, 0.4) is 0 Å². The van der Waals surface area contributed by atoms with E-state index in [1.54, 1.807) is 12.3 Å². The van der Waals surface area contributed by atoms with Crippen molar-refractivity contribution in [1.29, 1.82) is 0 Å². The Bertz CT molecular complexity index is 672. The molecule has 0 fully saturated rings. The van der Waals surface area contributed by atoms with E-state index >= 15 is 0 Å². The molecule has 0 aliphatic heterocycles. The summed E-state index contributed by atoms with van der Waals surface area (Å²) in [5.74, 6) is -0.276. The molecule has 0 spiro atoms. The van der Waals surface area contributed by atoms with Gasteiger partial charge in [-0.2, -0.15) is 5.10 Å². The molecule has 0 unspecified atom stereocenters. The monoisotopic (exact) mass is 353 g/mol. The van der Waals surface area contributed by atoms with E-state index in [1.807, 2.05) is 6.07 Å². The van der Waals surface area contributed by atoms with Crippen LogP contribution in [-0.4, -0.2) is 9.78 Å². The van der Waals surface area contributed by atoms with Gasteiger partial charge in [-0.1, -0.05) is 25.5 Å². The molecule has 112 valence electrons. The molecule has 2 rings (SSSR count). The second-order valence-corrected chi connectivity index (χ2v) is 5.53. The molecule has 0 saturated carbocycles. The van der Waals surface area contributed by atoms with Crippen molar-refractivity contribution in [3.63, 3.8) is 0 Å². The number of nitrogens with one attached hydrogen (secondary N) is 1. The van der Waals surface area contributed by atoms with Crippen molar-refractivity contribution in [3.8, 4) is 0 Å². The number of halogens is 2. The number of hydrogen-bond acceptors (Lipinski definition) is 3. The second kappa shape index (κ2) is 7.36. The normalized spacial score (nSPS) is 10.6. The predicted octanol–water partition coefficient (Wildman–Crippen LogP) is 3.56. The maximum atomic E-state index is 13.1. The fourth-order valence-corrected chi connectivity index (χ4v) is 2.35. The van der Waals surface area contributed by atoms with Crippen LogP contribution in [0.5, 0.6) is 0 Å². The first kappa shape index (κ1) is 15.7. The third-order valence-corrected chi connectivity index (χ3v) is 3.85. The van der Waals surface area contributed by atoms with Gasteiger partial charge in [0.05, 0.1) is 11.9 Å². The maximum absolute atomic E-state index is 13.1. The highest BCUT2D eigenvalue weighted by molar-refractivity contribution is 9.10. The Labute approximate surface area is 131 Å². The Kier molecular flexibility index (Phi) is 5.50. The first-order chi connectivity index (χ1) is 10.1. The Balaban J connectivity index is 2.10. The topological polar surface area (TPSA) is 46.9 Å². The molecule has 0 bridgehead atoms. The highest BCUT2D eigenvalue weighted by Crippen LogP contribution is 2.17. The van der Waals surface area contributed by atoms with Crippen LogP contribution in [0.2, 0.25) is 0 Å². The zero-order valence-corrected chi connectivity index (χ0v) is 13.4. The number of unbranched alkanes of at least 4 members (excludes halogenated alkanes) is 1. The second-order valence-electron chi connectivity index (χ2n) is 4.74. The molecule has 1 N–H and O–H groups in total. The minimum atomic E-state index is -0.276. The Morgan fingerprint density at radius 2 is 2.24 bits per heavy atom. The summed E-state index contributed by atoms with van der Waals surface area (Å²) in [4.78, 5) is 12.1.